The number of rotatable bonds is 11. The first-order chi connectivity index (χ1) is 18.6. The zero-order chi connectivity index (χ0) is 30.1. The Bertz CT molecular complexity index is 1110. The Balaban J connectivity index is 2.61. The summed E-state index contributed by atoms with van der Waals surface area (Å²) in [4.78, 5) is 43.0. The van der Waals surface area contributed by atoms with E-state index in [1.807, 2.05) is 83.1 Å². The first-order valence-electron chi connectivity index (χ1n) is 14.3. The van der Waals surface area contributed by atoms with Crippen LogP contribution < -0.4 is 10.6 Å². The number of nitrogens with one attached hydrogen (secondary N) is 2. The highest BCUT2D eigenvalue weighted by Crippen LogP contribution is 2.27. The number of alkyl carbamates (subject to hydrolysis) is 1. The van der Waals surface area contributed by atoms with Gasteiger partial charge in [0.25, 0.3) is 0 Å². The van der Waals surface area contributed by atoms with E-state index in [-0.39, 0.29) is 18.2 Å². The molecular weight excluding hydrogens is 502 g/mol. The maximum absolute atomic E-state index is 14.5. The fourth-order valence-corrected chi connectivity index (χ4v) is 4.68. The van der Waals surface area contributed by atoms with Crippen LogP contribution in [-0.4, -0.2) is 46.5 Å². The van der Waals surface area contributed by atoms with Crippen LogP contribution in [0.2, 0.25) is 0 Å². The molecule has 2 aromatic rings. The number of carbonyl (C=O) groups excluding carboxylic acids is 3. The Labute approximate surface area is 241 Å². The van der Waals surface area contributed by atoms with Crippen molar-refractivity contribution in [1.29, 1.82) is 0 Å². The van der Waals surface area contributed by atoms with Gasteiger partial charge in [-0.3, -0.25) is 9.59 Å². The summed E-state index contributed by atoms with van der Waals surface area (Å²) in [6.07, 6.45) is 2.21. The third-order valence-corrected chi connectivity index (χ3v) is 6.18. The van der Waals surface area contributed by atoms with E-state index in [2.05, 4.69) is 17.6 Å². The summed E-state index contributed by atoms with van der Waals surface area (Å²) in [5, 5.41) is 5.92. The van der Waals surface area contributed by atoms with E-state index >= 15 is 0 Å². The number of unbranched alkanes of at least 4 members (excludes halogenated alkanes) is 2. The molecule has 0 heterocycles. The standard InChI is InChI=1S/C33H49N3O4/c1-10-11-15-18-36(28(29(37)35-32(4,5)6)26-20-23(2)19-24(3)21-26)30(38)27(22-25-16-13-12-14-17-25)34-31(39)40-33(7,8)9/h12-14,16-17,19-21,27-28H,10-11,15,18,22H2,1-9H3,(H,34,39)(H,35,37). The van der Waals surface area contributed by atoms with Crippen LogP contribution in [0.3, 0.4) is 0 Å². The van der Waals surface area contributed by atoms with Gasteiger partial charge in [-0.25, -0.2) is 4.79 Å². The number of nitrogens with zero attached hydrogens (tertiary/aromatic N) is 1. The van der Waals surface area contributed by atoms with Crippen LogP contribution >= 0.6 is 0 Å². The second-order valence-corrected chi connectivity index (χ2v) is 12.7. The highest BCUT2D eigenvalue weighted by atomic mass is 16.6. The number of benzene rings is 2. The maximum atomic E-state index is 14.5. The molecule has 0 saturated carbocycles. The van der Waals surface area contributed by atoms with Crippen molar-refractivity contribution in [3.8, 4) is 0 Å². The highest BCUT2D eigenvalue weighted by Gasteiger charge is 2.37. The second-order valence-electron chi connectivity index (χ2n) is 12.7. The van der Waals surface area contributed by atoms with Gasteiger partial charge in [0.05, 0.1) is 0 Å². The molecule has 2 N–H and O–H groups in total. The number of hydrogen-bond acceptors (Lipinski definition) is 4. The van der Waals surface area contributed by atoms with E-state index in [9.17, 15) is 14.4 Å². The van der Waals surface area contributed by atoms with Crippen LogP contribution in [0.5, 0.6) is 0 Å². The summed E-state index contributed by atoms with van der Waals surface area (Å²) in [7, 11) is 0. The molecule has 0 bridgehead atoms. The second kappa shape index (κ2) is 14.3. The van der Waals surface area contributed by atoms with Gasteiger partial charge in [-0.1, -0.05) is 79.4 Å². The average molecular weight is 552 g/mol. The molecule has 2 atom stereocenters. The van der Waals surface area contributed by atoms with Crippen molar-refractivity contribution < 1.29 is 19.1 Å². The van der Waals surface area contributed by atoms with Crippen LogP contribution in [0.25, 0.3) is 0 Å². The molecule has 0 aliphatic carbocycles. The molecule has 2 aromatic carbocycles. The van der Waals surface area contributed by atoms with Crippen LogP contribution in [0, 0.1) is 13.8 Å². The number of ether oxygens (including phenoxy) is 1. The molecule has 220 valence electrons. The van der Waals surface area contributed by atoms with Gasteiger partial charge in [-0.05, 0) is 72.9 Å². The van der Waals surface area contributed by atoms with E-state index in [1.165, 1.54) is 0 Å². The Kier molecular flexibility index (Phi) is 11.8. The molecule has 2 unspecified atom stereocenters. The lowest BCUT2D eigenvalue weighted by Gasteiger charge is -2.36. The van der Waals surface area contributed by atoms with Crippen LogP contribution in [0.4, 0.5) is 4.79 Å². The maximum Gasteiger partial charge on any atom is 0.408 e. The van der Waals surface area contributed by atoms with Crippen LogP contribution in [-0.2, 0) is 20.7 Å². The first kappa shape index (κ1) is 32.9. The van der Waals surface area contributed by atoms with Crippen molar-refractivity contribution in [1.82, 2.24) is 15.5 Å². The number of hydrogen-bond donors (Lipinski definition) is 2. The van der Waals surface area contributed by atoms with Gasteiger partial charge in [-0.2, -0.15) is 0 Å². The molecule has 3 amide bonds. The van der Waals surface area contributed by atoms with Crippen molar-refractivity contribution in [2.75, 3.05) is 6.54 Å². The van der Waals surface area contributed by atoms with Crippen LogP contribution in [0.1, 0.15) is 96.0 Å². The quantitative estimate of drug-likeness (QED) is 0.316. The summed E-state index contributed by atoms with van der Waals surface area (Å²) in [5.41, 5.74) is 2.45. The third kappa shape index (κ3) is 11.0. The fraction of sp³-hybridized carbons (Fsp3) is 0.545. The van der Waals surface area contributed by atoms with Crippen molar-refractivity contribution in [3.05, 3.63) is 70.8 Å². The number of aryl methyl sites for hydroxylation is 2. The molecule has 0 radical (unpaired) electrons. The molecule has 7 nitrogen and oxygen atoms in total. The topological polar surface area (TPSA) is 87.7 Å². The van der Waals surface area contributed by atoms with E-state index in [4.69, 9.17) is 4.74 Å². The molecule has 40 heavy (non-hydrogen) atoms. The summed E-state index contributed by atoms with van der Waals surface area (Å²) >= 11 is 0. The molecule has 0 fully saturated rings. The number of carbonyl (C=O) groups is 3. The Morgan fingerprint density at radius 2 is 1.50 bits per heavy atom. The molecule has 0 aliphatic rings. The van der Waals surface area contributed by atoms with E-state index < -0.39 is 29.3 Å². The summed E-state index contributed by atoms with van der Waals surface area (Å²) in [6.45, 7) is 17.6. The smallest absolute Gasteiger partial charge is 0.408 e. The minimum Gasteiger partial charge on any atom is -0.444 e. The molecule has 0 aromatic heterocycles. The minimum absolute atomic E-state index is 0.252. The molecule has 0 saturated heterocycles. The van der Waals surface area contributed by atoms with E-state index in [0.717, 1.165) is 41.5 Å². The van der Waals surface area contributed by atoms with Gasteiger partial charge >= 0.3 is 6.09 Å². The average Bonchev–Trinajstić information content (AvgIpc) is 2.80. The fourth-order valence-electron chi connectivity index (χ4n) is 4.68. The third-order valence-electron chi connectivity index (χ3n) is 6.18. The van der Waals surface area contributed by atoms with Crippen molar-refractivity contribution in [2.45, 2.75) is 111 Å². The van der Waals surface area contributed by atoms with Crippen LogP contribution in [0.15, 0.2) is 48.5 Å². The van der Waals surface area contributed by atoms with Gasteiger partial charge in [0.1, 0.15) is 17.7 Å². The lowest BCUT2D eigenvalue weighted by atomic mass is 9.96. The lowest BCUT2D eigenvalue weighted by Crippen LogP contribution is -2.55. The van der Waals surface area contributed by atoms with Crippen molar-refractivity contribution >= 4 is 17.9 Å². The van der Waals surface area contributed by atoms with Gasteiger partial charge < -0.3 is 20.3 Å². The van der Waals surface area contributed by atoms with Crippen molar-refractivity contribution in [3.63, 3.8) is 0 Å². The van der Waals surface area contributed by atoms with Crippen molar-refractivity contribution in [2.24, 2.45) is 0 Å². The largest absolute Gasteiger partial charge is 0.444 e. The Hall–Kier alpha value is -3.35. The molecule has 0 spiro atoms. The normalized spacial score (nSPS) is 13.2. The Morgan fingerprint density at radius 1 is 0.900 bits per heavy atom. The first-order valence-corrected chi connectivity index (χ1v) is 14.3. The summed E-state index contributed by atoms with van der Waals surface area (Å²) < 4.78 is 5.52. The van der Waals surface area contributed by atoms with Gasteiger partial charge in [0.2, 0.25) is 11.8 Å². The van der Waals surface area contributed by atoms with E-state index in [1.54, 1.807) is 25.7 Å². The summed E-state index contributed by atoms with van der Waals surface area (Å²) in [6, 6.07) is 13.8. The predicted octanol–water partition coefficient (Wildman–Crippen LogP) is 6.41. The molecule has 0 aliphatic heterocycles. The van der Waals surface area contributed by atoms with Gasteiger partial charge in [-0.15, -0.1) is 0 Å². The zero-order valence-corrected chi connectivity index (χ0v) is 25.9. The predicted molar refractivity (Wildman–Crippen MR) is 161 cm³/mol. The van der Waals surface area contributed by atoms with E-state index in [0.29, 0.717) is 6.54 Å². The zero-order valence-electron chi connectivity index (χ0n) is 25.9. The molecule has 7 heteroatoms. The highest BCUT2D eigenvalue weighted by molar-refractivity contribution is 5.92. The number of amides is 3. The van der Waals surface area contributed by atoms with Gasteiger partial charge in [0, 0.05) is 18.5 Å². The van der Waals surface area contributed by atoms with Gasteiger partial charge in [0.15, 0.2) is 0 Å². The summed E-state index contributed by atoms with van der Waals surface area (Å²) in [5.74, 6) is -0.572. The Morgan fingerprint density at radius 3 is 2.02 bits per heavy atom. The minimum atomic E-state index is -0.922. The SMILES string of the molecule is CCCCCN(C(=O)C(Cc1ccccc1)NC(=O)OC(C)(C)C)C(C(=O)NC(C)(C)C)c1cc(C)cc(C)c1. The molecule has 2 rings (SSSR count). The molecular formula is C33H49N3O4. The monoisotopic (exact) mass is 551 g/mol. The lowest BCUT2D eigenvalue weighted by molar-refractivity contribution is -0.143.